The van der Waals surface area contributed by atoms with E-state index in [1.165, 1.54) is 11.1 Å². The Labute approximate surface area is 117 Å². The fraction of sp³-hybridized carbons (Fsp3) is 0.625. The molecule has 108 valence electrons. The van der Waals surface area contributed by atoms with E-state index in [-0.39, 0.29) is 12.1 Å². The van der Waals surface area contributed by atoms with Gasteiger partial charge >= 0.3 is 0 Å². The molecule has 19 heavy (non-hydrogen) atoms. The van der Waals surface area contributed by atoms with Crippen LogP contribution in [-0.2, 0) is 4.74 Å². The molecule has 1 unspecified atom stereocenters. The number of rotatable bonds is 7. The minimum absolute atomic E-state index is 0.233. The molecule has 0 aliphatic rings. The van der Waals surface area contributed by atoms with Gasteiger partial charge in [0.2, 0.25) is 0 Å². The van der Waals surface area contributed by atoms with Crippen LogP contribution < -0.4 is 10.1 Å². The summed E-state index contributed by atoms with van der Waals surface area (Å²) in [7, 11) is 1.71. The maximum Gasteiger partial charge on any atom is 0.122 e. The van der Waals surface area contributed by atoms with Crippen molar-refractivity contribution in [2.24, 2.45) is 0 Å². The lowest BCUT2D eigenvalue weighted by atomic mass is 9.98. The second-order valence-electron chi connectivity index (χ2n) is 5.17. The summed E-state index contributed by atoms with van der Waals surface area (Å²) in [5, 5.41) is 3.49. The van der Waals surface area contributed by atoms with Gasteiger partial charge in [0.1, 0.15) is 5.75 Å². The predicted octanol–water partition coefficient (Wildman–Crippen LogP) is 3.39. The summed E-state index contributed by atoms with van der Waals surface area (Å²) in [6.45, 7) is 12.1. The molecule has 0 aromatic heterocycles. The van der Waals surface area contributed by atoms with E-state index in [1.54, 1.807) is 7.11 Å². The van der Waals surface area contributed by atoms with Gasteiger partial charge in [-0.3, -0.25) is 0 Å². The number of methoxy groups -OCH3 is 1. The zero-order valence-corrected chi connectivity index (χ0v) is 13.0. The Morgan fingerprint density at radius 2 is 1.84 bits per heavy atom. The Morgan fingerprint density at radius 1 is 1.16 bits per heavy atom. The van der Waals surface area contributed by atoms with E-state index in [2.05, 4.69) is 52.1 Å². The number of ether oxygens (including phenoxy) is 2. The Bertz CT molecular complexity index is 402. The minimum atomic E-state index is 0.233. The zero-order valence-electron chi connectivity index (χ0n) is 13.0. The van der Waals surface area contributed by atoms with Crippen molar-refractivity contribution < 1.29 is 9.47 Å². The van der Waals surface area contributed by atoms with Crippen LogP contribution in [0.15, 0.2) is 12.1 Å². The van der Waals surface area contributed by atoms with Gasteiger partial charge in [0.15, 0.2) is 0 Å². The highest BCUT2D eigenvalue weighted by Crippen LogP contribution is 2.27. The number of hydrogen-bond donors (Lipinski definition) is 1. The van der Waals surface area contributed by atoms with Crippen molar-refractivity contribution in [1.29, 1.82) is 0 Å². The summed E-state index contributed by atoms with van der Waals surface area (Å²) in [5.41, 5.74) is 3.69. The van der Waals surface area contributed by atoms with Crippen LogP contribution >= 0.6 is 0 Å². The average Bonchev–Trinajstić information content (AvgIpc) is 2.36. The zero-order chi connectivity index (χ0) is 14.4. The van der Waals surface area contributed by atoms with Gasteiger partial charge in [0, 0.05) is 0 Å². The molecule has 0 fully saturated rings. The summed E-state index contributed by atoms with van der Waals surface area (Å²) in [4.78, 5) is 0. The molecule has 0 saturated heterocycles. The van der Waals surface area contributed by atoms with E-state index >= 15 is 0 Å². The molecule has 3 nitrogen and oxygen atoms in total. The highest BCUT2D eigenvalue weighted by atomic mass is 16.5. The average molecular weight is 265 g/mol. The van der Waals surface area contributed by atoms with Gasteiger partial charge in [-0.05, 0) is 57.0 Å². The van der Waals surface area contributed by atoms with E-state index in [0.29, 0.717) is 6.61 Å². The summed E-state index contributed by atoms with van der Waals surface area (Å²) < 4.78 is 11.1. The third kappa shape index (κ3) is 4.51. The van der Waals surface area contributed by atoms with Crippen molar-refractivity contribution in [3.8, 4) is 5.75 Å². The first-order valence-electron chi connectivity index (χ1n) is 6.99. The first kappa shape index (κ1) is 16.0. The van der Waals surface area contributed by atoms with Crippen molar-refractivity contribution in [1.82, 2.24) is 5.32 Å². The number of aryl methyl sites for hydroxylation is 2. The summed E-state index contributed by atoms with van der Waals surface area (Å²) in [6.07, 6.45) is 0.251. The van der Waals surface area contributed by atoms with Gasteiger partial charge in [-0.25, -0.2) is 0 Å². The van der Waals surface area contributed by atoms with Crippen LogP contribution in [0.4, 0.5) is 0 Å². The fourth-order valence-electron chi connectivity index (χ4n) is 2.20. The van der Waals surface area contributed by atoms with E-state index < -0.39 is 0 Å². The Hall–Kier alpha value is -1.06. The second-order valence-corrected chi connectivity index (χ2v) is 5.17. The lowest BCUT2D eigenvalue weighted by Crippen LogP contribution is -2.27. The minimum Gasteiger partial charge on any atom is -0.496 e. The van der Waals surface area contributed by atoms with Crippen molar-refractivity contribution in [2.75, 3.05) is 20.3 Å². The molecule has 1 aromatic carbocycles. The molecule has 1 N–H and O–H groups in total. The molecular weight excluding hydrogens is 238 g/mol. The smallest absolute Gasteiger partial charge is 0.122 e. The molecule has 1 atom stereocenters. The maximum absolute atomic E-state index is 5.77. The van der Waals surface area contributed by atoms with Crippen molar-refractivity contribution in [3.05, 3.63) is 28.8 Å². The third-order valence-electron chi connectivity index (χ3n) is 3.21. The lowest BCUT2D eigenvalue weighted by Gasteiger charge is -2.23. The van der Waals surface area contributed by atoms with Gasteiger partial charge in [0.05, 0.1) is 25.9 Å². The largest absolute Gasteiger partial charge is 0.496 e. The summed E-state index contributed by atoms with van der Waals surface area (Å²) in [5.74, 6) is 0.946. The SMILES string of the molecule is CCNC(COC(C)C)c1cc(C)c(OC)cc1C. The standard InChI is InChI=1S/C16H27NO2/c1-7-17-15(10-19-11(2)3)14-8-13(5)16(18-6)9-12(14)4/h8-9,11,15,17H,7,10H2,1-6H3. The van der Waals surface area contributed by atoms with Crippen LogP contribution in [-0.4, -0.2) is 26.4 Å². The van der Waals surface area contributed by atoms with Gasteiger partial charge in [-0.15, -0.1) is 0 Å². The monoisotopic (exact) mass is 265 g/mol. The Balaban J connectivity index is 2.98. The fourth-order valence-corrected chi connectivity index (χ4v) is 2.20. The summed E-state index contributed by atoms with van der Waals surface area (Å²) >= 11 is 0. The first-order valence-corrected chi connectivity index (χ1v) is 6.99. The molecule has 0 aliphatic carbocycles. The van der Waals surface area contributed by atoms with Gasteiger partial charge in [0.25, 0.3) is 0 Å². The quantitative estimate of drug-likeness (QED) is 0.819. The first-order chi connectivity index (χ1) is 8.99. The number of nitrogens with one attached hydrogen (secondary N) is 1. The number of hydrogen-bond acceptors (Lipinski definition) is 3. The van der Waals surface area contributed by atoms with Crippen molar-refractivity contribution in [2.45, 2.75) is 46.8 Å². The topological polar surface area (TPSA) is 30.5 Å². The van der Waals surface area contributed by atoms with Crippen LogP contribution in [0, 0.1) is 13.8 Å². The molecule has 0 spiro atoms. The molecular formula is C16H27NO2. The third-order valence-corrected chi connectivity index (χ3v) is 3.21. The van der Waals surface area contributed by atoms with Crippen LogP contribution in [0.25, 0.3) is 0 Å². The molecule has 0 bridgehead atoms. The Morgan fingerprint density at radius 3 is 2.37 bits per heavy atom. The lowest BCUT2D eigenvalue weighted by molar-refractivity contribution is 0.0613. The molecule has 3 heteroatoms. The van der Waals surface area contributed by atoms with Gasteiger partial charge < -0.3 is 14.8 Å². The van der Waals surface area contributed by atoms with Gasteiger partial charge in [-0.1, -0.05) is 13.0 Å². The van der Waals surface area contributed by atoms with Crippen LogP contribution in [0.2, 0.25) is 0 Å². The van der Waals surface area contributed by atoms with Crippen molar-refractivity contribution in [3.63, 3.8) is 0 Å². The summed E-state index contributed by atoms with van der Waals surface area (Å²) in [6, 6.07) is 4.53. The predicted molar refractivity (Wildman–Crippen MR) is 80.0 cm³/mol. The van der Waals surface area contributed by atoms with Gasteiger partial charge in [-0.2, -0.15) is 0 Å². The Kier molecular flexibility index (Phi) is 6.32. The molecule has 1 aromatic rings. The number of benzene rings is 1. The molecule has 0 radical (unpaired) electrons. The van der Waals surface area contributed by atoms with Crippen LogP contribution in [0.3, 0.4) is 0 Å². The number of likely N-dealkylation sites (N-methyl/N-ethyl adjacent to an activating group) is 1. The van der Waals surface area contributed by atoms with E-state index in [4.69, 9.17) is 9.47 Å². The second kappa shape index (κ2) is 7.51. The van der Waals surface area contributed by atoms with Crippen LogP contribution in [0.1, 0.15) is 43.5 Å². The molecule has 1 rings (SSSR count). The molecule has 0 heterocycles. The van der Waals surface area contributed by atoms with E-state index in [1.807, 2.05) is 0 Å². The van der Waals surface area contributed by atoms with Crippen molar-refractivity contribution >= 4 is 0 Å². The van der Waals surface area contributed by atoms with E-state index in [0.717, 1.165) is 17.9 Å². The molecule has 0 aliphatic heterocycles. The highest BCUT2D eigenvalue weighted by molar-refractivity contribution is 5.42. The molecule has 0 amide bonds. The molecule has 0 saturated carbocycles. The van der Waals surface area contributed by atoms with Crippen LogP contribution in [0.5, 0.6) is 5.75 Å². The normalized spacial score (nSPS) is 12.8. The highest BCUT2D eigenvalue weighted by Gasteiger charge is 2.15. The van der Waals surface area contributed by atoms with E-state index in [9.17, 15) is 0 Å². The maximum atomic E-state index is 5.77.